The lowest BCUT2D eigenvalue weighted by atomic mass is 9.94. The molecule has 102 valence electrons. The van der Waals surface area contributed by atoms with Crippen molar-refractivity contribution in [1.82, 2.24) is 14.3 Å². The third-order valence-electron chi connectivity index (χ3n) is 3.23. The number of nitrogens with zero attached hydrogens (tertiary/aromatic N) is 3. The van der Waals surface area contributed by atoms with Crippen LogP contribution >= 0.6 is 11.5 Å². The van der Waals surface area contributed by atoms with Gasteiger partial charge in [-0.05, 0) is 31.4 Å². The number of aromatic nitrogens is 3. The van der Waals surface area contributed by atoms with E-state index in [1.807, 2.05) is 12.1 Å². The Morgan fingerprint density at radius 1 is 1.30 bits per heavy atom. The first kappa shape index (κ1) is 12.9. The molecule has 5 nitrogen and oxygen atoms in total. The van der Waals surface area contributed by atoms with Gasteiger partial charge < -0.3 is 5.32 Å². The minimum absolute atomic E-state index is 0.0341. The maximum absolute atomic E-state index is 12.1. The van der Waals surface area contributed by atoms with Crippen LogP contribution in [-0.4, -0.2) is 20.2 Å². The van der Waals surface area contributed by atoms with Crippen molar-refractivity contribution in [3.05, 3.63) is 36.7 Å². The molecule has 0 fully saturated rings. The first-order valence-electron chi connectivity index (χ1n) is 6.53. The Balaban J connectivity index is 1.68. The number of anilines is 1. The van der Waals surface area contributed by atoms with E-state index < -0.39 is 0 Å². The lowest BCUT2D eigenvalue weighted by Crippen LogP contribution is -2.23. The summed E-state index contributed by atoms with van der Waals surface area (Å²) in [4.78, 5) is 20.4. The quantitative estimate of drug-likeness (QED) is 0.881. The van der Waals surface area contributed by atoms with E-state index in [0.29, 0.717) is 11.0 Å². The van der Waals surface area contributed by atoms with Crippen molar-refractivity contribution in [3.63, 3.8) is 0 Å². The third-order valence-corrected chi connectivity index (χ3v) is 3.87. The standard InChI is InChI=1S/C14H14N4OS/c19-13(11-4-2-1-3-5-11)17-14-16-12(18-20-14)10-6-8-15-9-7-10/h1-2,6-9,11H,3-5H2,(H,16,17,18,19). The topological polar surface area (TPSA) is 67.8 Å². The van der Waals surface area contributed by atoms with Crippen LogP contribution in [-0.2, 0) is 4.79 Å². The van der Waals surface area contributed by atoms with E-state index in [0.717, 1.165) is 24.8 Å². The Hall–Kier alpha value is -2.08. The molecule has 2 aromatic heterocycles. The first-order chi connectivity index (χ1) is 9.83. The molecular formula is C14H14N4OS. The molecule has 0 aromatic carbocycles. The van der Waals surface area contributed by atoms with E-state index >= 15 is 0 Å². The summed E-state index contributed by atoms with van der Waals surface area (Å²) in [6.45, 7) is 0. The zero-order valence-corrected chi connectivity index (χ0v) is 11.6. The average molecular weight is 286 g/mol. The summed E-state index contributed by atoms with van der Waals surface area (Å²) in [6.07, 6.45) is 10.3. The van der Waals surface area contributed by atoms with Crippen LogP contribution in [0.4, 0.5) is 5.13 Å². The molecule has 1 unspecified atom stereocenters. The van der Waals surface area contributed by atoms with Crippen LogP contribution in [0, 0.1) is 5.92 Å². The predicted octanol–water partition coefficient (Wildman–Crippen LogP) is 2.89. The number of amides is 1. The third kappa shape index (κ3) is 2.91. The van der Waals surface area contributed by atoms with E-state index in [9.17, 15) is 4.79 Å². The van der Waals surface area contributed by atoms with Crippen LogP contribution in [0.5, 0.6) is 0 Å². The Kier molecular flexibility index (Phi) is 3.83. The summed E-state index contributed by atoms with van der Waals surface area (Å²) in [6, 6.07) is 3.69. The van der Waals surface area contributed by atoms with Gasteiger partial charge in [-0.1, -0.05) is 12.2 Å². The van der Waals surface area contributed by atoms with Crippen molar-refractivity contribution in [1.29, 1.82) is 0 Å². The molecule has 0 saturated carbocycles. The fraction of sp³-hybridized carbons (Fsp3) is 0.286. The largest absolute Gasteiger partial charge is 0.300 e. The molecule has 1 atom stereocenters. The molecular weight excluding hydrogens is 272 g/mol. The van der Waals surface area contributed by atoms with E-state index in [2.05, 4.69) is 31.8 Å². The minimum atomic E-state index is 0.0341. The van der Waals surface area contributed by atoms with E-state index in [4.69, 9.17) is 0 Å². The maximum atomic E-state index is 12.1. The van der Waals surface area contributed by atoms with E-state index in [1.54, 1.807) is 12.4 Å². The highest BCUT2D eigenvalue weighted by atomic mass is 32.1. The summed E-state index contributed by atoms with van der Waals surface area (Å²) >= 11 is 1.21. The molecule has 1 N–H and O–H groups in total. The van der Waals surface area contributed by atoms with Crippen molar-refractivity contribution >= 4 is 22.6 Å². The zero-order chi connectivity index (χ0) is 13.8. The molecule has 2 heterocycles. The predicted molar refractivity (Wildman–Crippen MR) is 78.3 cm³/mol. The van der Waals surface area contributed by atoms with Gasteiger partial charge in [-0.2, -0.15) is 9.36 Å². The van der Waals surface area contributed by atoms with Crippen LogP contribution in [0.3, 0.4) is 0 Å². The van der Waals surface area contributed by atoms with E-state index in [1.165, 1.54) is 11.5 Å². The van der Waals surface area contributed by atoms with Gasteiger partial charge >= 0.3 is 0 Å². The molecule has 20 heavy (non-hydrogen) atoms. The molecule has 2 aromatic rings. The molecule has 1 aliphatic rings. The van der Waals surface area contributed by atoms with Crippen LogP contribution in [0.15, 0.2) is 36.7 Å². The van der Waals surface area contributed by atoms with Crippen LogP contribution in [0.2, 0.25) is 0 Å². The number of allylic oxidation sites excluding steroid dienone is 2. The summed E-state index contributed by atoms with van der Waals surface area (Å²) in [5, 5.41) is 3.41. The lowest BCUT2D eigenvalue weighted by molar-refractivity contribution is -0.120. The van der Waals surface area contributed by atoms with Gasteiger partial charge in [0.15, 0.2) is 5.82 Å². The molecule has 0 spiro atoms. The second-order valence-corrected chi connectivity index (χ2v) is 5.38. The van der Waals surface area contributed by atoms with Gasteiger partial charge in [0.1, 0.15) is 0 Å². The Bertz CT molecular complexity index is 623. The molecule has 0 aliphatic heterocycles. The summed E-state index contributed by atoms with van der Waals surface area (Å²) in [5.74, 6) is 0.705. The molecule has 3 rings (SSSR count). The molecule has 1 aliphatic carbocycles. The Morgan fingerprint density at radius 3 is 2.90 bits per heavy atom. The lowest BCUT2D eigenvalue weighted by Gasteiger charge is -2.15. The van der Waals surface area contributed by atoms with Crippen molar-refractivity contribution in [2.45, 2.75) is 19.3 Å². The second-order valence-electron chi connectivity index (χ2n) is 4.63. The Morgan fingerprint density at radius 2 is 2.15 bits per heavy atom. The van der Waals surface area contributed by atoms with Crippen molar-refractivity contribution < 1.29 is 4.79 Å². The van der Waals surface area contributed by atoms with Gasteiger partial charge in [0.2, 0.25) is 11.0 Å². The van der Waals surface area contributed by atoms with Gasteiger partial charge in [0, 0.05) is 35.4 Å². The summed E-state index contributed by atoms with van der Waals surface area (Å²) < 4.78 is 4.26. The van der Waals surface area contributed by atoms with Crippen molar-refractivity contribution in [2.24, 2.45) is 5.92 Å². The van der Waals surface area contributed by atoms with E-state index in [-0.39, 0.29) is 11.8 Å². The highest BCUT2D eigenvalue weighted by molar-refractivity contribution is 7.10. The zero-order valence-electron chi connectivity index (χ0n) is 10.8. The number of pyridine rings is 1. The smallest absolute Gasteiger partial charge is 0.229 e. The van der Waals surface area contributed by atoms with Crippen LogP contribution in [0.25, 0.3) is 11.4 Å². The molecule has 1 amide bonds. The summed E-state index contributed by atoms with van der Waals surface area (Å²) in [7, 11) is 0. The number of nitrogens with one attached hydrogen (secondary N) is 1. The normalized spacial score (nSPS) is 17.9. The maximum Gasteiger partial charge on any atom is 0.229 e. The highest BCUT2D eigenvalue weighted by Crippen LogP contribution is 2.23. The Labute approximate surface area is 120 Å². The molecule has 0 saturated heterocycles. The van der Waals surface area contributed by atoms with Crippen molar-refractivity contribution in [2.75, 3.05) is 5.32 Å². The first-order valence-corrected chi connectivity index (χ1v) is 7.30. The molecule has 0 radical (unpaired) electrons. The molecule has 6 heteroatoms. The van der Waals surface area contributed by atoms with Crippen LogP contribution in [0.1, 0.15) is 19.3 Å². The number of carbonyl (C=O) groups is 1. The average Bonchev–Trinajstić information content (AvgIpc) is 2.97. The van der Waals surface area contributed by atoms with Gasteiger partial charge in [0.25, 0.3) is 0 Å². The van der Waals surface area contributed by atoms with Crippen molar-refractivity contribution in [3.8, 4) is 11.4 Å². The summed E-state index contributed by atoms with van der Waals surface area (Å²) in [5.41, 5.74) is 0.900. The second kappa shape index (κ2) is 5.92. The highest BCUT2D eigenvalue weighted by Gasteiger charge is 2.20. The minimum Gasteiger partial charge on any atom is -0.300 e. The fourth-order valence-corrected chi connectivity index (χ4v) is 2.72. The van der Waals surface area contributed by atoms with Gasteiger partial charge in [-0.15, -0.1) is 0 Å². The fourth-order valence-electron chi connectivity index (χ4n) is 2.13. The monoisotopic (exact) mass is 286 g/mol. The van der Waals surface area contributed by atoms with Gasteiger partial charge in [0.05, 0.1) is 0 Å². The number of carbonyl (C=O) groups excluding carboxylic acids is 1. The van der Waals surface area contributed by atoms with Crippen LogP contribution < -0.4 is 5.32 Å². The number of hydrogen-bond donors (Lipinski definition) is 1. The van der Waals surface area contributed by atoms with Gasteiger partial charge in [-0.3, -0.25) is 9.78 Å². The number of rotatable bonds is 3. The van der Waals surface area contributed by atoms with Gasteiger partial charge in [-0.25, -0.2) is 0 Å². The number of hydrogen-bond acceptors (Lipinski definition) is 5. The SMILES string of the molecule is O=C(Nc1nc(-c2ccncc2)ns1)C1CC=CCC1. The molecule has 0 bridgehead atoms.